The first-order valence-corrected chi connectivity index (χ1v) is 10.9. The van der Waals surface area contributed by atoms with E-state index in [1.165, 1.54) is 0 Å². The van der Waals surface area contributed by atoms with Gasteiger partial charge in [-0.05, 0) is 38.0 Å². The largest absolute Gasteiger partial charge is 0.385 e. The van der Waals surface area contributed by atoms with E-state index in [9.17, 15) is 14.7 Å². The van der Waals surface area contributed by atoms with Crippen LogP contribution in [-0.2, 0) is 19.1 Å². The number of rotatable bonds is 1. The van der Waals surface area contributed by atoms with Crippen molar-refractivity contribution in [3.63, 3.8) is 0 Å². The zero-order chi connectivity index (χ0) is 20.4. The molecule has 0 unspecified atom stereocenters. The van der Waals surface area contributed by atoms with E-state index in [0.717, 1.165) is 31.3 Å². The van der Waals surface area contributed by atoms with Crippen LogP contribution in [0.5, 0.6) is 0 Å². The summed E-state index contributed by atoms with van der Waals surface area (Å²) in [6.45, 7) is 6.49. The van der Waals surface area contributed by atoms with Gasteiger partial charge in [-0.15, -0.1) is 0 Å². The van der Waals surface area contributed by atoms with Crippen LogP contribution in [0.2, 0.25) is 0 Å². The third kappa shape index (κ3) is 2.83. The van der Waals surface area contributed by atoms with Crippen LogP contribution in [0.15, 0.2) is 29.3 Å². The van der Waals surface area contributed by atoms with Gasteiger partial charge in [0.15, 0.2) is 17.4 Å². The van der Waals surface area contributed by atoms with E-state index in [4.69, 9.17) is 9.47 Å². The Morgan fingerprint density at radius 1 is 1.28 bits per heavy atom. The Hall–Kier alpha value is -1.63. The summed E-state index contributed by atoms with van der Waals surface area (Å²) in [7, 11) is 0. The van der Waals surface area contributed by atoms with Crippen molar-refractivity contribution < 1.29 is 24.2 Å². The summed E-state index contributed by atoms with van der Waals surface area (Å²) in [4.78, 5) is 31.5. The molecule has 3 saturated heterocycles. The molecule has 0 saturated carbocycles. The summed E-state index contributed by atoms with van der Waals surface area (Å²) in [5.41, 5.74) is 1.16. The van der Waals surface area contributed by atoms with Crippen LogP contribution >= 0.6 is 0 Å². The summed E-state index contributed by atoms with van der Waals surface area (Å²) in [6.07, 6.45) is 5.88. The molecule has 1 N–H and O–H groups in total. The number of allylic oxidation sites excluding steroid dienone is 2. The number of carbonyl (C=O) groups excluding carboxylic acids is 2. The number of aliphatic hydroxyl groups excluding tert-OH is 1. The maximum Gasteiger partial charge on any atom is 0.190 e. The second-order valence-corrected chi connectivity index (χ2v) is 9.48. The van der Waals surface area contributed by atoms with Gasteiger partial charge in [-0.2, -0.15) is 0 Å². The average molecular weight is 399 g/mol. The van der Waals surface area contributed by atoms with Gasteiger partial charge in [0, 0.05) is 24.3 Å². The van der Waals surface area contributed by atoms with Crippen LogP contribution in [0.1, 0.15) is 51.9 Å². The van der Waals surface area contributed by atoms with E-state index < -0.39 is 23.4 Å². The van der Waals surface area contributed by atoms with Gasteiger partial charge in [0.1, 0.15) is 12.2 Å². The molecule has 5 aliphatic rings. The molecule has 3 fully saturated rings. The normalized spacial score (nSPS) is 46.9. The van der Waals surface area contributed by atoms with Gasteiger partial charge >= 0.3 is 0 Å². The van der Waals surface area contributed by atoms with Crippen molar-refractivity contribution in [3.05, 3.63) is 24.3 Å². The molecule has 6 heteroatoms. The van der Waals surface area contributed by atoms with Crippen LogP contribution in [0, 0.1) is 17.3 Å². The Morgan fingerprint density at radius 2 is 2.10 bits per heavy atom. The van der Waals surface area contributed by atoms with Crippen LogP contribution in [-0.4, -0.2) is 53.0 Å². The Balaban J connectivity index is 1.68. The molecule has 0 aromatic rings. The maximum absolute atomic E-state index is 13.5. The smallest absolute Gasteiger partial charge is 0.190 e. The van der Waals surface area contributed by atoms with Crippen LogP contribution in [0.4, 0.5) is 0 Å². The summed E-state index contributed by atoms with van der Waals surface area (Å²) < 4.78 is 12.8. The third-order valence-corrected chi connectivity index (χ3v) is 7.83. The summed E-state index contributed by atoms with van der Waals surface area (Å²) in [5, 5.41) is 10.8. The number of aliphatic hydroxyl groups is 1. The summed E-state index contributed by atoms with van der Waals surface area (Å²) >= 11 is 0. The first kappa shape index (κ1) is 19.3. The molecule has 0 radical (unpaired) electrons. The topological polar surface area (TPSA) is 85.2 Å². The van der Waals surface area contributed by atoms with Gasteiger partial charge in [-0.1, -0.05) is 31.2 Å². The number of ketones is 2. The van der Waals surface area contributed by atoms with Gasteiger partial charge in [-0.3, -0.25) is 14.6 Å². The lowest BCUT2D eigenvalue weighted by Gasteiger charge is -2.47. The van der Waals surface area contributed by atoms with Gasteiger partial charge < -0.3 is 14.6 Å². The summed E-state index contributed by atoms with van der Waals surface area (Å²) in [5.74, 6) is -1.73. The molecule has 3 bridgehead atoms. The zero-order valence-electron chi connectivity index (χ0n) is 16.9. The second kappa shape index (κ2) is 6.69. The minimum absolute atomic E-state index is 0.0121. The van der Waals surface area contributed by atoms with Gasteiger partial charge in [0.05, 0.1) is 18.2 Å². The van der Waals surface area contributed by atoms with E-state index >= 15 is 0 Å². The molecule has 0 aromatic heterocycles. The number of hydrogen-bond donors (Lipinski definition) is 1. The Bertz CT molecular complexity index is 831. The highest BCUT2D eigenvalue weighted by Gasteiger charge is 2.60. The molecule has 5 rings (SSSR count). The van der Waals surface area contributed by atoms with Crippen molar-refractivity contribution in [2.45, 2.75) is 76.0 Å². The van der Waals surface area contributed by atoms with E-state index in [2.05, 4.69) is 11.6 Å². The molecule has 7 atom stereocenters. The zero-order valence-corrected chi connectivity index (χ0v) is 16.9. The highest BCUT2D eigenvalue weighted by Crippen LogP contribution is 2.54. The molecule has 0 amide bonds. The van der Waals surface area contributed by atoms with Crippen LogP contribution in [0.25, 0.3) is 0 Å². The number of aliphatic imine (C=N–C) groups is 1. The Labute approximate surface area is 171 Å². The molecular weight excluding hydrogens is 370 g/mol. The Morgan fingerprint density at radius 3 is 2.90 bits per heavy atom. The van der Waals surface area contributed by atoms with E-state index in [1.807, 2.05) is 19.1 Å². The monoisotopic (exact) mass is 399 g/mol. The molecule has 6 nitrogen and oxygen atoms in total. The van der Waals surface area contributed by atoms with Crippen molar-refractivity contribution in [2.75, 3.05) is 6.54 Å². The molecule has 1 aliphatic carbocycles. The van der Waals surface area contributed by atoms with E-state index in [-0.39, 0.29) is 35.9 Å². The Kier molecular flexibility index (Phi) is 4.46. The highest BCUT2D eigenvalue weighted by molar-refractivity contribution is 6.42. The average Bonchev–Trinajstić information content (AvgIpc) is 3.31. The minimum Gasteiger partial charge on any atom is -0.385 e. The van der Waals surface area contributed by atoms with Crippen molar-refractivity contribution in [1.82, 2.24) is 0 Å². The summed E-state index contributed by atoms with van der Waals surface area (Å²) in [6, 6.07) is 0. The van der Waals surface area contributed by atoms with E-state index in [1.54, 1.807) is 0 Å². The fraction of sp³-hybridized carbons (Fsp3) is 0.696. The molecule has 4 aliphatic heterocycles. The molecule has 2 spiro atoms. The maximum atomic E-state index is 13.5. The molecule has 4 heterocycles. The number of ether oxygens (including phenoxy) is 2. The lowest BCUT2D eigenvalue weighted by Crippen LogP contribution is -2.57. The van der Waals surface area contributed by atoms with Gasteiger partial charge in [-0.25, -0.2) is 0 Å². The number of fused-ring (bicyclic) bond motifs is 3. The quantitative estimate of drug-likeness (QED) is 0.732. The minimum atomic E-state index is -1.10. The number of Topliss-reactive ketones (excluding diaryl/α,β-unsaturated/α-hetero) is 2. The predicted molar refractivity (Wildman–Crippen MR) is 106 cm³/mol. The second-order valence-electron chi connectivity index (χ2n) is 9.48. The molecule has 156 valence electrons. The van der Waals surface area contributed by atoms with Crippen molar-refractivity contribution >= 4 is 17.3 Å². The standard InChI is InChI=1S/C23H29NO5/c1-3-14-4-6-22-8-9-24-21(22)17(26)12-23-7-5-18(28-23)13(2)10-16(25)19(27)20(29-23)15(22)11-14/h3,11,13,15-16,18,20,25H,1,4-10,12H2,2H3/t13-,15+,16+,18-,20-,22+,23+/m0/s1. The lowest BCUT2D eigenvalue weighted by atomic mass is 9.59. The van der Waals surface area contributed by atoms with Gasteiger partial charge in [0.2, 0.25) is 0 Å². The molecule has 29 heavy (non-hydrogen) atoms. The molecule has 0 aromatic carbocycles. The SMILES string of the molecule is C=CC1=C[C@@H]2[C@@H]3O[C@]4(CC[C@H](O4)[C@@H](C)C[C@@H](O)C3=O)CC(=O)C3=NCC[C@@]32CC1. The fourth-order valence-electron chi connectivity index (χ4n) is 6.22. The van der Waals surface area contributed by atoms with Crippen LogP contribution in [0.3, 0.4) is 0 Å². The third-order valence-electron chi connectivity index (χ3n) is 7.83. The van der Waals surface area contributed by atoms with Crippen molar-refractivity contribution in [2.24, 2.45) is 22.2 Å². The first-order chi connectivity index (χ1) is 13.9. The predicted octanol–water partition coefficient (Wildman–Crippen LogP) is 2.54. The van der Waals surface area contributed by atoms with Crippen molar-refractivity contribution in [1.29, 1.82) is 0 Å². The number of carbonyl (C=O) groups is 2. The highest BCUT2D eigenvalue weighted by atomic mass is 16.7. The first-order valence-electron chi connectivity index (χ1n) is 10.9. The van der Waals surface area contributed by atoms with Gasteiger partial charge in [0.25, 0.3) is 0 Å². The lowest BCUT2D eigenvalue weighted by molar-refractivity contribution is -0.258. The van der Waals surface area contributed by atoms with Crippen molar-refractivity contribution in [3.8, 4) is 0 Å². The fourth-order valence-corrected chi connectivity index (χ4v) is 6.22. The van der Waals surface area contributed by atoms with Crippen LogP contribution < -0.4 is 0 Å². The number of hydrogen-bond acceptors (Lipinski definition) is 6. The molecular formula is C23H29NO5. The number of nitrogens with zero attached hydrogens (tertiary/aromatic N) is 1. The van der Waals surface area contributed by atoms with E-state index in [0.29, 0.717) is 25.1 Å².